The topological polar surface area (TPSA) is 43.3 Å². The molecule has 1 aliphatic carbocycles. The minimum Gasteiger partial charge on any atom is -0.320 e. The molecule has 1 aliphatic rings. The number of hydrogen-bond acceptors (Lipinski definition) is 3. The number of imidazole rings is 1. The molecule has 2 aromatic heterocycles. The monoisotopic (exact) mass is 221 g/mol. The molecule has 0 atom stereocenters. The Balaban J connectivity index is 2.07. The molecule has 0 aliphatic heterocycles. The third kappa shape index (κ3) is 1.40. The molecule has 80 valence electrons. The lowest BCUT2D eigenvalue weighted by atomic mass is 9.96. The van der Waals surface area contributed by atoms with Gasteiger partial charge in [-0.1, -0.05) is 12.8 Å². The standard InChI is InChI=1S/C11H15N3S/c1-8-6-14-7-9(13-10(14)15-8)11(12)4-2-3-5-11/h6-7H,2-5,12H2,1H3. The van der Waals surface area contributed by atoms with Crippen LogP contribution in [0.4, 0.5) is 0 Å². The van der Waals surface area contributed by atoms with Gasteiger partial charge in [-0.15, -0.1) is 11.3 Å². The molecule has 2 aromatic rings. The summed E-state index contributed by atoms with van der Waals surface area (Å²) in [5, 5.41) is 0. The quantitative estimate of drug-likeness (QED) is 0.803. The predicted octanol–water partition coefficient (Wildman–Crippen LogP) is 2.43. The molecule has 15 heavy (non-hydrogen) atoms. The lowest BCUT2D eigenvalue weighted by Gasteiger charge is -2.20. The highest BCUT2D eigenvalue weighted by atomic mass is 32.1. The molecule has 0 saturated heterocycles. The molecule has 1 fully saturated rings. The van der Waals surface area contributed by atoms with Gasteiger partial charge in [0.15, 0.2) is 4.96 Å². The molecule has 0 bridgehead atoms. The van der Waals surface area contributed by atoms with Gasteiger partial charge >= 0.3 is 0 Å². The van der Waals surface area contributed by atoms with E-state index in [0.717, 1.165) is 23.5 Å². The average molecular weight is 221 g/mol. The van der Waals surface area contributed by atoms with Gasteiger partial charge in [0.2, 0.25) is 0 Å². The Morgan fingerprint density at radius 2 is 2.13 bits per heavy atom. The van der Waals surface area contributed by atoms with Crippen LogP contribution in [0.3, 0.4) is 0 Å². The van der Waals surface area contributed by atoms with E-state index < -0.39 is 0 Å². The van der Waals surface area contributed by atoms with Crippen molar-refractivity contribution in [3.8, 4) is 0 Å². The summed E-state index contributed by atoms with van der Waals surface area (Å²) in [6, 6.07) is 0. The van der Waals surface area contributed by atoms with Crippen molar-refractivity contribution in [1.82, 2.24) is 9.38 Å². The van der Waals surface area contributed by atoms with Crippen LogP contribution >= 0.6 is 11.3 Å². The summed E-state index contributed by atoms with van der Waals surface area (Å²) >= 11 is 1.73. The minimum atomic E-state index is -0.153. The Morgan fingerprint density at radius 3 is 2.80 bits per heavy atom. The molecule has 0 unspecified atom stereocenters. The van der Waals surface area contributed by atoms with E-state index in [-0.39, 0.29) is 5.54 Å². The van der Waals surface area contributed by atoms with Crippen molar-refractivity contribution in [1.29, 1.82) is 0 Å². The van der Waals surface area contributed by atoms with Crippen molar-refractivity contribution in [2.75, 3.05) is 0 Å². The van der Waals surface area contributed by atoms with Crippen LogP contribution in [0.2, 0.25) is 0 Å². The molecule has 1 saturated carbocycles. The average Bonchev–Trinajstić information content (AvgIpc) is 2.79. The van der Waals surface area contributed by atoms with Gasteiger partial charge in [-0.05, 0) is 19.8 Å². The molecule has 2 heterocycles. The molecular weight excluding hydrogens is 206 g/mol. The third-order valence-electron chi connectivity index (χ3n) is 3.28. The number of nitrogens with two attached hydrogens (primary N) is 1. The van der Waals surface area contributed by atoms with E-state index in [1.807, 2.05) is 0 Å². The first kappa shape index (κ1) is 9.36. The summed E-state index contributed by atoms with van der Waals surface area (Å²) < 4.78 is 2.10. The smallest absolute Gasteiger partial charge is 0.194 e. The number of rotatable bonds is 1. The number of nitrogens with zero attached hydrogens (tertiary/aromatic N) is 2. The first-order valence-electron chi connectivity index (χ1n) is 5.42. The van der Waals surface area contributed by atoms with Crippen LogP contribution in [0.15, 0.2) is 12.4 Å². The molecule has 0 spiro atoms. The normalized spacial score (nSPS) is 20.1. The fourth-order valence-electron chi connectivity index (χ4n) is 2.41. The lowest BCUT2D eigenvalue weighted by molar-refractivity contribution is 0.450. The van der Waals surface area contributed by atoms with Crippen molar-refractivity contribution in [2.24, 2.45) is 5.73 Å². The molecule has 4 heteroatoms. The van der Waals surface area contributed by atoms with Gasteiger partial charge in [0.1, 0.15) is 0 Å². The second-order valence-corrected chi connectivity index (χ2v) is 5.73. The van der Waals surface area contributed by atoms with Crippen molar-refractivity contribution in [2.45, 2.75) is 38.1 Å². The summed E-state index contributed by atoms with van der Waals surface area (Å²) in [4.78, 5) is 7.01. The Kier molecular flexibility index (Phi) is 1.91. The molecule has 3 nitrogen and oxygen atoms in total. The van der Waals surface area contributed by atoms with Crippen molar-refractivity contribution >= 4 is 16.3 Å². The van der Waals surface area contributed by atoms with Gasteiger partial charge in [-0.25, -0.2) is 4.98 Å². The maximum atomic E-state index is 6.37. The molecule has 3 rings (SSSR count). The fraction of sp³-hybridized carbons (Fsp3) is 0.545. The summed E-state index contributed by atoms with van der Waals surface area (Å²) in [6.45, 7) is 2.10. The van der Waals surface area contributed by atoms with Gasteiger partial charge in [-0.2, -0.15) is 0 Å². The van der Waals surface area contributed by atoms with Crippen LogP contribution in [0, 0.1) is 6.92 Å². The number of aromatic nitrogens is 2. The SMILES string of the molecule is Cc1cn2cc(C3(N)CCCC3)nc2s1. The number of hydrogen-bond donors (Lipinski definition) is 1. The summed E-state index contributed by atoms with van der Waals surface area (Å²) in [6.07, 6.45) is 8.86. The van der Waals surface area contributed by atoms with Crippen LogP contribution in [0.1, 0.15) is 36.3 Å². The van der Waals surface area contributed by atoms with Crippen molar-refractivity contribution in [3.05, 3.63) is 23.0 Å². The summed E-state index contributed by atoms with van der Waals surface area (Å²) in [5.41, 5.74) is 7.29. The highest BCUT2D eigenvalue weighted by molar-refractivity contribution is 7.16. The second kappa shape index (κ2) is 3.06. The van der Waals surface area contributed by atoms with Crippen LogP contribution in [-0.2, 0) is 5.54 Å². The Morgan fingerprint density at radius 1 is 1.40 bits per heavy atom. The maximum Gasteiger partial charge on any atom is 0.194 e. The zero-order chi connectivity index (χ0) is 10.5. The number of fused-ring (bicyclic) bond motifs is 1. The van der Waals surface area contributed by atoms with E-state index in [1.54, 1.807) is 11.3 Å². The highest BCUT2D eigenvalue weighted by Gasteiger charge is 2.33. The van der Waals surface area contributed by atoms with Gasteiger partial charge < -0.3 is 5.73 Å². The van der Waals surface area contributed by atoms with E-state index in [0.29, 0.717) is 0 Å². The Bertz CT molecular complexity index is 459. The van der Waals surface area contributed by atoms with E-state index in [1.165, 1.54) is 17.7 Å². The van der Waals surface area contributed by atoms with E-state index in [2.05, 4.69) is 28.7 Å². The van der Waals surface area contributed by atoms with Crippen LogP contribution in [0.25, 0.3) is 4.96 Å². The van der Waals surface area contributed by atoms with E-state index >= 15 is 0 Å². The van der Waals surface area contributed by atoms with Crippen LogP contribution < -0.4 is 5.73 Å². The fourth-order valence-corrected chi connectivity index (χ4v) is 3.22. The zero-order valence-corrected chi connectivity index (χ0v) is 9.68. The molecule has 0 radical (unpaired) electrons. The predicted molar refractivity (Wildman–Crippen MR) is 62.1 cm³/mol. The molecule has 0 aromatic carbocycles. The van der Waals surface area contributed by atoms with E-state index in [4.69, 9.17) is 5.73 Å². The van der Waals surface area contributed by atoms with Gasteiger partial charge in [-0.3, -0.25) is 4.40 Å². The molecular formula is C11H15N3S. The third-order valence-corrected chi connectivity index (χ3v) is 4.19. The summed E-state index contributed by atoms with van der Waals surface area (Å²) in [5.74, 6) is 0. The lowest BCUT2D eigenvalue weighted by Crippen LogP contribution is -2.33. The first-order chi connectivity index (χ1) is 7.17. The van der Waals surface area contributed by atoms with Crippen LogP contribution in [-0.4, -0.2) is 9.38 Å². The maximum absolute atomic E-state index is 6.37. The van der Waals surface area contributed by atoms with Gasteiger partial charge in [0.25, 0.3) is 0 Å². The molecule has 0 amide bonds. The van der Waals surface area contributed by atoms with Crippen molar-refractivity contribution in [3.63, 3.8) is 0 Å². The Labute approximate surface area is 92.9 Å². The Hall–Kier alpha value is -0.870. The first-order valence-corrected chi connectivity index (χ1v) is 6.24. The second-order valence-electron chi connectivity index (χ2n) is 4.52. The van der Waals surface area contributed by atoms with Crippen LogP contribution in [0.5, 0.6) is 0 Å². The van der Waals surface area contributed by atoms with E-state index in [9.17, 15) is 0 Å². The molecule has 2 N–H and O–H groups in total. The minimum absolute atomic E-state index is 0.153. The number of aryl methyl sites for hydroxylation is 1. The highest BCUT2D eigenvalue weighted by Crippen LogP contribution is 2.36. The van der Waals surface area contributed by atoms with Crippen molar-refractivity contribution < 1.29 is 0 Å². The summed E-state index contributed by atoms with van der Waals surface area (Å²) in [7, 11) is 0. The van der Waals surface area contributed by atoms with Gasteiger partial charge in [0.05, 0.1) is 11.2 Å². The zero-order valence-electron chi connectivity index (χ0n) is 8.86. The largest absolute Gasteiger partial charge is 0.320 e. The number of thiazole rings is 1. The van der Waals surface area contributed by atoms with Gasteiger partial charge in [0, 0.05) is 17.3 Å².